The summed E-state index contributed by atoms with van der Waals surface area (Å²) in [7, 11) is 0. The number of nitrogens with one attached hydrogen (secondary N) is 3. The molecule has 0 saturated heterocycles. The highest BCUT2D eigenvalue weighted by atomic mass is 16.2. The van der Waals surface area contributed by atoms with E-state index in [2.05, 4.69) is 32.7 Å². The van der Waals surface area contributed by atoms with E-state index in [0.29, 0.717) is 0 Å². The molecule has 1 unspecified atom stereocenters. The third kappa shape index (κ3) is 3.32. The van der Waals surface area contributed by atoms with E-state index < -0.39 is 0 Å². The number of hydrogen-bond acceptors (Lipinski definition) is 3. The first-order valence-electron chi connectivity index (χ1n) is 8.29. The van der Waals surface area contributed by atoms with Crippen molar-refractivity contribution < 1.29 is 9.59 Å². The lowest BCUT2D eigenvalue weighted by Gasteiger charge is -2.26. The maximum atomic E-state index is 12.6. The molecule has 3 rings (SSSR count). The molecule has 0 saturated carbocycles. The molecular formula is C18H22N4O2. The van der Waals surface area contributed by atoms with Crippen molar-refractivity contribution in [2.24, 2.45) is 0 Å². The first-order chi connectivity index (χ1) is 11.6. The minimum atomic E-state index is -0.347. The molecule has 126 valence electrons. The molecule has 0 aliphatic heterocycles. The number of carbonyl (C=O) groups is 2. The summed E-state index contributed by atoms with van der Waals surface area (Å²) in [5.74, 6) is -0.649. The van der Waals surface area contributed by atoms with Gasteiger partial charge in [-0.3, -0.25) is 9.59 Å². The summed E-state index contributed by atoms with van der Waals surface area (Å²) < 4.78 is 0. The first-order valence-corrected chi connectivity index (χ1v) is 8.29. The molecule has 0 fully saturated rings. The molecule has 1 aromatic heterocycles. The summed E-state index contributed by atoms with van der Waals surface area (Å²) >= 11 is 0. The van der Waals surface area contributed by atoms with Crippen LogP contribution in [0.4, 0.5) is 0 Å². The summed E-state index contributed by atoms with van der Waals surface area (Å²) in [6, 6.07) is 8.11. The normalized spacial score (nSPS) is 16.5. The van der Waals surface area contributed by atoms with E-state index in [1.807, 2.05) is 26.0 Å². The number of aromatic nitrogens is 2. The standard InChI is InChI=1S/C18H22N4O2/c1-11(2)21-17(23)15-16(20-10-19-15)18(24)22-14-9-5-7-12-6-3-4-8-13(12)14/h3-4,6,8,10-11,14H,5,7,9H2,1-2H3,(H,19,20)(H,21,23)(H,22,24). The first kappa shape index (κ1) is 16.2. The number of carbonyl (C=O) groups excluding carboxylic acids is 2. The number of aryl methyl sites for hydroxylation is 1. The van der Waals surface area contributed by atoms with Gasteiger partial charge in [0.25, 0.3) is 11.8 Å². The number of nitrogens with zero attached hydrogens (tertiary/aromatic N) is 1. The zero-order valence-corrected chi connectivity index (χ0v) is 13.9. The summed E-state index contributed by atoms with van der Waals surface area (Å²) in [4.78, 5) is 31.6. The molecule has 0 radical (unpaired) electrons. The molecule has 24 heavy (non-hydrogen) atoms. The van der Waals surface area contributed by atoms with E-state index >= 15 is 0 Å². The van der Waals surface area contributed by atoms with E-state index in [0.717, 1.165) is 24.8 Å². The number of imidazole rings is 1. The van der Waals surface area contributed by atoms with Crippen molar-refractivity contribution >= 4 is 11.8 Å². The highest BCUT2D eigenvalue weighted by Gasteiger charge is 2.25. The van der Waals surface area contributed by atoms with Crippen LogP contribution in [0.25, 0.3) is 0 Å². The van der Waals surface area contributed by atoms with Crippen molar-refractivity contribution in [1.29, 1.82) is 0 Å². The van der Waals surface area contributed by atoms with E-state index in [9.17, 15) is 9.59 Å². The number of aromatic amines is 1. The second kappa shape index (κ2) is 6.86. The molecule has 1 atom stereocenters. The lowest BCUT2D eigenvalue weighted by Crippen LogP contribution is -2.35. The van der Waals surface area contributed by atoms with Crippen LogP contribution in [0, 0.1) is 0 Å². The predicted octanol–water partition coefficient (Wildman–Crippen LogP) is 2.36. The average Bonchev–Trinajstić information content (AvgIpc) is 3.04. The number of H-pyrrole nitrogens is 1. The topological polar surface area (TPSA) is 86.9 Å². The summed E-state index contributed by atoms with van der Waals surface area (Å²) in [5, 5.41) is 5.79. The van der Waals surface area contributed by atoms with Crippen molar-refractivity contribution in [3.05, 3.63) is 53.1 Å². The van der Waals surface area contributed by atoms with Gasteiger partial charge >= 0.3 is 0 Å². The number of fused-ring (bicyclic) bond motifs is 1. The number of amides is 2. The van der Waals surface area contributed by atoms with Gasteiger partial charge in [0, 0.05) is 6.04 Å². The van der Waals surface area contributed by atoms with Crippen LogP contribution in [0.2, 0.25) is 0 Å². The van der Waals surface area contributed by atoms with Gasteiger partial charge < -0.3 is 15.6 Å². The van der Waals surface area contributed by atoms with Gasteiger partial charge in [-0.1, -0.05) is 24.3 Å². The van der Waals surface area contributed by atoms with Gasteiger partial charge in [0.15, 0.2) is 5.69 Å². The molecule has 1 aromatic carbocycles. The lowest BCUT2D eigenvalue weighted by molar-refractivity contribution is 0.0897. The lowest BCUT2D eigenvalue weighted by atomic mass is 9.87. The van der Waals surface area contributed by atoms with Crippen LogP contribution in [0.3, 0.4) is 0 Å². The van der Waals surface area contributed by atoms with E-state index in [1.54, 1.807) is 0 Å². The Morgan fingerprint density at radius 3 is 2.83 bits per heavy atom. The van der Waals surface area contributed by atoms with Crippen molar-refractivity contribution in [2.45, 2.75) is 45.2 Å². The van der Waals surface area contributed by atoms with Crippen LogP contribution in [0.15, 0.2) is 30.6 Å². The second-order valence-corrected chi connectivity index (χ2v) is 6.37. The van der Waals surface area contributed by atoms with Crippen molar-refractivity contribution in [2.75, 3.05) is 0 Å². The van der Waals surface area contributed by atoms with Gasteiger partial charge in [-0.25, -0.2) is 4.98 Å². The molecule has 1 heterocycles. The Labute approximate surface area is 141 Å². The number of benzene rings is 1. The Morgan fingerprint density at radius 1 is 1.25 bits per heavy atom. The molecule has 2 amide bonds. The van der Waals surface area contributed by atoms with Crippen LogP contribution >= 0.6 is 0 Å². The monoisotopic (exact) mass is 326 g/mol. The molecule has 1 aliphatic carbocycles. The third-order valence-electron chi connectivity index (χ3n) is 4.18. The van der Waals surface area contributed by atoms with Crippen LogP contribution < -0.4 is 10.6 Å². The summed E-state index contributed by atoms with van der Waals surface area (Å²) in [6.45, 7) is 3.73. The molecule has 0 bridgehead atoms. The highest BCUT2D eigenvalue weighted by molar-refractivity contribution is 6.04. The second-order valence-electron chi connectivity index (χ2n) is 6.37. The Bertz CT molecular complexity index is 751. The minimum Gasteiger partial charge on any atom is -0.348 e. The summed E-state index contributed by atoms with van der Waals surface area (Å²) in [6.07, 6.45) is 4.34. The molecule has 3 N–H and O–H groups in total. The zero-order chi connectivity index (χ0) is 17.1. The van der Waals surface area contributed by atoms with Crippen molar-refractivity contribution in [3.63, 3.8) is 0 Å². The quantitative estimate of drug-likeness (QED) is 0.806. The zero-order valence-electron chi connectivity index (χ0n) is 13.9. The fourth-order valence-electron chi connectivity index (χ4n) is 3.10. The van der Waals surface area contributed by atoms with E-state index in [1.165, 1.54) is 11.9 Å². The molecule has 6 heteroatoms. The van der Waals surface area contributed by atoms with Gasteiger partial charge in [0.1, 0.15) is 5.69 Å². The minimum absolute atomic E-state index is 0.0182. The Balaban J connectivity index is 1.78. The maximum Gasteiger partial charge on any atom is 0.272 e. The van der Waals surface area contributed by atoms with Crippen LogP contribution in [0.5, 0.6) is 0 Å². The smallest absolute Gasteiger partial charge is 0.272 e. The Hall–Kier alpha value is -2.63. The molecule has 1 aliphatic rings. The molecule has 0 spiro atoms. The molecule has 2 aromatic rings. The average molecular weight is 326 g/mol. The van der Waals surface area contributed by atoms with Gasteiger partial charge in [-0.15, -0.1) is 0 Å². The maximum absolute atomic E-state index is 12.6. The van der Waals surface area contributed by atoms with Crippen LogP contribution in [-0.4, -0.2) is 27.8 Å². The van der Waals surface area contributed by atoms with Crippen molar-refractivity contribution in [1.82, 2.24) is 20.6 Å². The third-order valence-corrected chi connectivity index (χ3v) is 4.18. The van der Waals surface area contributed by atoms with Gasteiger partial charge in [0.2, 0.25) is 0 Å². The van der Waals surface area contributed by atoms with E-state index in [-0.39, 0.29) is 35.3 Å². The highest BCUT2D eigenvalue weighted by Crippen LogP contribution is 2.29. The van der Waals surface area contributed by atoms with Gasteiger partial charge in [0.05, 0.1) is 12.4 Å². The van der Waals surface area contributed by atoms with Crippen LogP contribution in [-0.2, 0) is 6.42 Å². The molecule has 6 nitrogen and oxygen atoms in total. The number of rotatable bonds is 4. The van der Waals surface area contributed by atoms with Crippen LogP contribution in [0.1, 0.15) is 64.8 Å². The van der Waals surface area contributed by atoms with E-state index in [4.69, 9.17) is 0 Å². The van der Waals surface area contributed by atoms with Crippen molar-refractivity contribution in [3.8, 4) is 0 Å². The van der Waals surface area contributed by atoms with Gasteiger partial charge in [-0.05, 0) is 44.2 Å². The Morgan fingerprint density at radius 2 is 2.04 bits per heavy atom. The molecular weight excluding hydrogens is 304 g/mol. The SMILES string of the molecule is CC(C)NC(=O)c1nc[nH]c1C(=O)NC1CCCc2ccccc21. The largest absolute Gasteiger partial charge is 0.348 e. The predicted molar refractivity (Wildman–Crippen MR) is 90.8 cm³/mol. The van der Waals surface area contributed by atoms with Gasteiger partial charge in [-0.2, -0.15) is 0 Å². The fraction of sp³-hybridized carbons (Fsp3) is 0.389. The Kier molecular flexibility index (Phi) is 4.64. The fourth-order valence-corrected chi connectivity index (χ4v) is 3.10. The number of hydrogen-bond donors (Lipinski definition) is 3. The summed E-state index contributed by atoms with van der Waals surface area (Å²) in [5.41, 5.74) is 2.77.